The normalized spacial score (nSPS) is 11.3. The molecule has 1 heterocycles. The maximum Gasteiger partial charge on any atom is 0.323 e. The molecule has 0 fully saturated rings. The third-order valence-electron chi connectivity index (χ3n) is 3.42. The van der Waals surface area contributed by atoms with Crippen molar-refractivity contribution in [1.29, 1.82) is 0 Å². The fourth-order valence-electron chi connectivity index (χ4n) is 2.16. The summed E-state index contributed by atoms with van der Waals surface area (Å²) in [6.07, 6.45) is 3.02. The molecule has 2 aromatic rings. The Bertz CT molecular complexity index is 732. The van der Waals surface area contributed by atoms with Crippen LogP contribution in [0.2, 0.25) is 0 Å². The number of aromatic nitrogens is 2. The van der Waals surface area contributed by atoms with E-state index in [0.29, 0.717) is 11.1 Å². The van der Waals surface area contributed by atoms with Gasteiger partial charge in [-0.3, -0.25) is 14.3 Å². The quantitative estimate of drug-likeness (QED) is 0.912. The lowest BCUT2D eigenvalue weighted by molar-refractivity contribution is -0.137. The molecule has 0 saturated carbocycles. The molecule has 0 bridgehead atoms. The van der Waals surface area contributed by atoms with Gasteiger partial charge in [0.15, 0.2) is 0 Å². The summed E-state index contributed by atoms with van der Waals surface area (Å²) >= 11 is 0. The maximum atomic E-state index is 13.0. The fourth-order valence-corrected chi connectivity index (χ4v) is 2.16. The van der Waals surface area contributed by atoms with Crippen LogP contribution in [-0.2, 0) is 16.9 Å². The van der Waals surface area contributed by atoms with Gasteiger partial charge in [-0.2, -0.15) is 5.10 Å². The monoisotopic (exact) mass is 333 g/mol. The zero-order chi connectivity index (χ0) is 17.9. The van der Waals surface area contributed by atoms with Crippen molar-refractivity contribution >= 4 is 11.9 Å². The molecule has 0 aliphatic rings. The number of carboxylic acid groups (broad SMARTS) is 1. The van der Waals surface area contributed by atoms with Gasteiger partial charge in [0.2, 0.25) is 0 Å². The highest BCUT2D eigenvalue weighted by atomic mass is 19.1. The van der Waals surface area contributed by atoms with Crippen LogP contribution in [0.15, 0.2) is 36.7 Å². The molecule has 1 aromatic carbocycles. The molecule has 7 heteroatoms. The molecule has 2 rings (SSSR count). The smallest absolute Gasteiger partial charge is 0.323 e. The van der Waals surface area contributed by atoms with E-state index < -0.39 is 18.4 Å². The van der Waals surface area contributed by atoms with Crippen molar-refractivity contribution in [2.45, 2.75) is 32.9 Å². The van der Waals surface area contributed by atoms with Gasteiger partial charge < -0.3 is 10.0 Å². The minimum Gasteiger partial charge on any atom is -0.480 e. The minimum atomic E-state index is -1.12. The van der Waals surface area contributed by atoms with E-state index in [1.807, 2.05) is 20.8 Å². The van der Waals surface area contributed by atoms with Gasteiger partial charge in [-0.1, -0.05) is 12.1 Å². The fraction of sp³-hybridized carbons (Fsp3) is 0.353. The molecule has 0 atom stereocenters. The number of amides is 1. The molecule has 6 nitrogen and oxygen atoms in total. The zero-order valence-corrected chi connectivity index (χ0v) is 13.9. The Kier molecular flexibility index (Phi) is 5.02. The molecule has 1 N–H and O–H groups in total. The van der Waals surface area contributed by atoms with Crippen LogP contribution in [0.3, 0.4) is 0 Å². The van der Waals surface area contributed by atoms with Crippen LogP contribution < -0.4 is 0 Å². The second-order valence-electron chi connectivity index (χ2n) is 6.53. The SMILES string of the molecule is CC(C)(C)n1cc(C(=O)N(CC(=O)O)Cc2ccc(F)cc2)cn1. The first-order valence-electron chi connectivity index (χ1n) is 7.47. The highest BCUT2D eigenvalue weighted by molar-refractivity contribution is 5.95. The Morgan fingerprint density at radius 3 is 2.38 bits per heavy atom. The molecule has 1 amide bonds. The van der Waals surface area contributed by atoms with Gasteiger partial charge in [0.05, 0.1) is 17.3 Å². The lowest BCUT2D eigenvalue weighted by Gasteiger charge is -2.21. The molecule has 0 aliphatic carbocycles. The predicted molar refractivity (Wildman–Crippen MR) is 86.0 cm³/mol. The molecule has 1 aromatic heterocycles. The number of carbonyl (C=O) groups excluding carboxylic acids is 1. The Hall–Kier alpha value is -2.70. The Balaban J connectivity index is 2.23. The van der Waals surface area contributed by atoms with E-state index >= 15 is 0 Å². The second-order valence-corrected chi connectivity index (χ2v) is 6.53. The lowest BCUT2D eigenvalue weighted by atomic mass is 10.1. The van der Waals surface area contributed by atoms with E-state index in [-0.39, 0.29) is 17.9 Å². The molecule has 0 spiro atoms. The van der Waals surface area contributed by atoms with Crippen LogP contribution in [0.1, 0.15) is 36.7 Å². The number of hydrogen-bond acceptors (Lipinski definition) is 3. The molecule has 0 radical (unpaired) electrons. The number of nitrogens with zero attached hydrogens (tertiary/aromatic N) is 3. The highest BCUT2D eigenvalue weighted by Gasteiger charge is 2.22. The third-order valence-corrected chi connectivity index (χ3v) is 3.42. The van der Waals surface area contributed by atoms with Gasteiger partial charge in [-0.05, 0) is 38.5 Å². The van der Waals surface area contributed by atoms with E-state index in [9.17, 15) is 14.0 Å². The van der Waals surface area contributed by atoms with E-state index in [4.69, 9.17) is 5.11 Å². The number of halogens is 1. The largest absolute Gasteiger partial charge is 0.480 e. The Morgan fingerprint density at radius 2 is 1.88 bits per heavy atom. The van der Waals surface area contributed by atoms with E-state index in [1.54, 1.807) is 10.9 Å². The van der Waals surface area contributed by atoms with Crippen molar-refractivity contribution in [1.82, 2.24) is 14.7 Å². The summed E-state index contributed by atoms with van der Waals surface area (Å²) < 4.78 is 14.6. The first-order chi connectivity index (χ1) is 11.2. The topological polar surface area (TPSA) is 75.4 Å². The third kappa shape index (κ3) is 4.41. The summed E-state index contributed by atoms with van der Waals surface area (Å²) in [5.41, 5.74) is 0.676. The summed E-state index contributed by atoms with van der Waals surface area (Å²) in [5, 5.41) is 13.2. The summed E-state index contributed by atoms with van der Waals surface area (Å²) in [6, 6.07) is 5.60. The van der Waals surface area contributed by atoms with Crippen molar-refractivity contribution in [2.24, 2.45) is 0 Å². The van der Waals surface area contributed by atoms with Crippen molar-refractivity contribution in [3.63, 3.8) is 0 Å². The Morgan fingerprint density at radius 1 is 1.25 bits per heavy atom. The van der Waals surface area contributed by atoms with Crippen LogP contribution in [-0.4, -0.2) is 38.2 Å². The average Bonchev–Trinajstić information content (AvgIpc) is 2.97. The summed E-state index contributed by atoms with van der Waals surface area (Å²) in [4.78, 5) is 24.9. The molecule has 0 saturated heterocycles. The van der Waals surface area contributed by atoms with E-state index in [0.717, 1.165) is 0 Å². The van der Waals surface area contributed by atoms with Gasteiger partial charge >= 0.3 is 5.97 Å². The number of aliphatic carboxylic acids is 1. The van der Waals surface area contributed by atoms with Crippen LogP contribution in [0.25, 0.3) is 0 Å². The van der Waals surface area contributed by atoms with Gasteiger partial charge in [-0.25, -0.2) is 4.39 Å². The van der Waals surface area contributed by atoms with E-state index in [2.05, 4.69) is 5.10 Å². The molecule has 0 aliphatic heterocycles. The summed E-state index contributed by atoms with van der Waals surface area (Å²) in [5.74, 6) is -1.94. The van der Waals surface area contributed by atoms with Crippen LogP contribution in [0.5, 0.6) is 0 Å². The molecule has 24 heavy (non-hydrogen) atoms. The van der Waals surface area contributed by atoms with Crippen molar-refractivity contribution in [2.75, 3.05) is 6.54 Å². The van der Waals surface area contributed by atoms with E-state index in [1.165, 1.54) is 35.4 Å². The maximum absolute atomic E-state index is 13.0. The van der Waals surface area contributed by atoms with Crippen LogP contribution >= 0.6 is 0 Å². The summed E-state index contributed by atoms with van der Waals surface area (Å²) in [7, 11) is 0. The standard InChI is InChI=1S/C17H20FN3O3/c1-17(2,3)21-10-13(8-19-21)16(24)20(11-15(22)23)9-12-4-6-14(18)7-5-12/h4-8,10H,9,11H2,1-3H3,(H,22,23). The number of carboxylic acids is 1. The first kappa shape index (κ1) is 17.7. The number of hydrogen-bond donors (Lipinski definition) is 1. The lowest BCUT2D eigenvalue weighted by Crippen LogP contribution is -2.35. The van der Waals surface area contributed by atoms with Crippen LogP contribution in [0.4, 0.5) is 4.39 Å². The molecular formula is C17H20FN3O3. The predicted octanol–water partition coefficient (Wildman–Crippen LogP) is 2.50. The highest BCUT2D eigenvalue weighted by Crippen LogP contribution is 2.15. The summed E-state index contributed by atoms with van der Waals surface area (Å²) in [6.45, 7) is 5.47. The first-order valence-corrected chi connectivity index (χ1v) is 7.47. The molecule has 0 unspecified atom stereocenters. The number of rotatable bonds is 5. The second kappa shape index (κ2) is 6.82. The van der Waals surface area contributed by atoms with Crippen molar-refractivity contribution in [3.8, 4) is 0 Å². The zero-order valence-electron chi connectivity index (χ0n) is 13.9. The minimum absolute atomic E-state index is 0.0755. The van der Waals surface area contributed by atoms with Crippen molar-refractivity contribution < 1.29 is 19.1 Å². The van der Waals surface area contributed by atoms with Gasteiger partial charge in [-0.15, -0.1) is 0 Å². The van der Waals surface area contributed by atoms with Gasteiger partial charge in [0.1, 0.15) is 12.4 Å². The molecular weight excluding hydrogens is 313 g/mol. The van der Waals surface area contributed by atoms with Gasteiger partial charge in [0.25, 0.3) is 5.91 Å². The van der Waals surface area contributed by atoms with Crippen LogP contribution in [0, 0.1) is 5.82 Å². The van der Waals surface area contributed by atoms with Crippen molar-refractivity contribution in [3.05, 3.63) is 53.6 Å². The number of benzene rings is 1. The Labute approximate surface area is 139 Å². The average molecular weight is 333 g/mol. The van der Waals surface area contributed by atoms with Gasteiger partial charge in [0, 0.05) is 12.7 Å². The molecule has 128 valence electrons. The number of carbonyl (C=O) groups is 2.